The van der Waals surface area contributed by atoms with Gasteiger partial charge in [0.25, 0.3) is 0 Å². The molecule has 0 aromatic carbocycles. The van der Waals surface area contributed by atoms with Gasteiger partial charge in [0.2, 0.25) is 0 Å². The average molecular weight is 169 g/mol. The van der Waals surface area contributed by atoms with E-state index in [4.69, 9.17) is 0 Å². The van der Waals surface area contributed by atoms with Crippen LogP contribution in [0.5, 0.6) is 0 Å². The summed E-state index contributed by atoms with van der Waals surface area (Å²) in [5.41, 5.74) is 0. The molecule has 0 spiro atoms. The van der Waals surface area contributed by atoms with Gasteiger partial charge in [-0.3, -0.25) is 0 Å². The van der Waals surface area contributed by atoms with Crippen molar-refractivity contribution in [3.05, 3.63) is 0 Å². The summed E-state index contributed by atoms with van der Waals surface area (Å²) >= 11 is 0. The van der Waals surface area contributed by atoms with Gasteiger partial charge in [-0.1, -0.05) is 33.1 Å². The predicted octanol–water partition coefficient (Wildman–Crippen LogP) is 3.05. The first-order chi connectivity index (χ1) is 5.88. The van der Waals surface area contributed by atoms with E-state index in [1.807, 2.05) is 0 Å². The van der Waals surface area contributed by atoms with Crippen molar-refractivity contribution in [1.29, 1.82) is 0 Å². The van der Waals surface area contributed by atoms with Crippen molar-refractivity contribution < 1.29 is 0 Å². The van der Waals surface area contributed by atoms with Crippen molar-refractivity contribution in [2.24, 2.45) is 0 Å². The third-order valence-corrected chi connectivity index (χ3v) is 3.05. The van der Waals surface area contributed by atoms with Crippen molar-refractivity contribution in [1.82, 2.24) is 4.90 Å². The van der Waals surface area contributed by atoms with Gasteiger partial charge in [0.15, 0.2) is 0 Å². The Kier molecular flexibility index (Phi) is 4.67. The minimum atomic E-state index is 0.932. The first-order valence-electron chi connectivity index (χ1n) is 5.62. The lowest BCUT2D eigenvalue weighted by atomic mass is 10.2. The first-order valence-corrected chi connectivity index (χ1v) is 5.62. The summed E-state index contributed by atoms with van der Waals surface area (Å²) in [7, 11) is 0. The zero-order valence-electron chi connectivity index (χ0n) is 8.68. The summed E-state index contributed by atoms with van der Waals surface area (Å²) in [5.74, 6) is 0. The molecule has 0 radical (unpaired) electrons. The number of hydrogen-bond acceptors (Lipinski definition) is 1. The molecule has 1 heteroatoms. The van der Waals surface area contributed by atoms with E-state index in [-0.39, 0.29) is 0 Å². The van der Waals surface area contributed by atoms with Crippen molar-refractivity contribution in [3.8, 4) is 0 Å². The molecule has 1 fully saturated rings. The molecule has 1 saturated carbocycles. The van der Waals surface area contributed by atoms with Gasteiger partial charge >= 0.3 is 0 Å². The molecule has 1 aliphatic rings. The summed E-state index contributed by atoms with van der Waals surface area (Å²) in [6.07, 6.45) is 8.56. The summed E-state index contributed by atoms with van der Waals surface area (Å²) < 4.78 is 0. The minimum Gasteiger partial charge on any atom is -0.301 e. The molecule has 1 aliphatic carbocycles. The van der Waals surface area contributed by atoms with Gasteiger partial charge in [-0.15, -0.1) is 0 Å². The molecule has 0 atom stereocenters. The highest BCUT2D eigenvalue weighted by molar-refractivity contribution is 4.76. The zero-order chi connectivity index (χ0) is 8.81. The van der Waals surface area contributed by atoms with Crippen LogP contribution in [0.4, 0.5) is 0 Å². The van der Waals surface area contributed by atoms with Crippen LogP contribution in [0.15, 0.2) is 0 Å². The molecule has 0 aliphatic heterocycles. The molecule has 12 heavy (non-hydrogen) atoms. The third kappa shape index (κ3) is 2.78. The number of unbranched alkanes of at least 4 members (excludes halogenated alkanes) is 1. The van der Waals surface area contributed by atoms with E-state index >= 15 is 0 Å². The Morgan fingerprint density at radius 2 is 1.83 bits per heavy atom. The van der Waals surface area contributed by atoms with E-state index in [1.165, 1.54) is 51.6 Å². The summed E-state index contributed by atoms with van der Waals surface area (Å²) in [6, 6.07) is 0.932. The number of nitrogens with zero attached hydrogens (tertiary/aromatic N) is 1. The van der Waals surface area contributed by atoms with Crippen LogP contribution in [0.25, 0.3) is 0 Å². The van der Waals surface area contributed by atoms with E-state index in [2.05, 4.69) is 18.7 Å². The molecule has 0 saturated heterocycles. The van der Waals surface area contributed by atoms with Gasteiger partial charge in [-0.25, -0.2) is 0 Å². The van der Waals surface area contributed by atoms with Crippen molar-refractivity contribution in [2.75, 3.05) is 13.1 Å². The quantitative estimate of drug-likeness (QED) is 0.611. The van der Waals surface area contributed by atoms with Crippen molar-refractivity contribution in [3.63, 3.8) is 0 Å². The lowest BCUT2D eigenvalue weighted by Crippen LogP contribution is -2.33. The highest BCUT2D eigenvalue weighted by Gasteiger charge is 2.20. The largest absolute Gasteiger partial charge is 0.301 e. The highest BCUT2D eigenvalue weighted by atomic mass is 15.1. The van der Waals surface area contributed by atoms with Crippen LogP contribution < -0.4 is 0 Å². The maximum absolute atomic E-state index is 2.68. The summed E-state index contributed by atoms with van der Waals surface area (Å²) in [4.78, 5) is 2.68. The topological polar surface area (TPSA) is 3.24 Å². The fourth-order valence-electron chi connectivity index (χ4n) is 2.23. The van der Waals surface area contributed by atoms with Crippen molar-refractivity contribution in [2.45, 2.75) is 58.4 Å². The molecule has 0 aromatic rings. The Bertz CT molecular complexity index is 106. The van der Waals surface area contributed by atoms with E-state index in [1.54, 1.807) is 0 Å². The molecule has 1 nitrogen and oxygen atoms in total. The van der Waals surface area contributed by atoms with Gasteiger partial charge in [0.1, 0.15) is 0 Å². The molecule has 0 N–H and O–H groups in total. The van der Waals surface area contributed by atoms with Crippen LogP contribution in [-0.4, -0.2) is 24.0 Å². The SMILES string of the molecule is CCCCN(CC)C1CCCC1. The number of hydrogen-bond donors (Lipinski definition) is 0. The predicted molar refractivity (Wildman–Crippen MR) is 54.4 cm³/mol. The van der Waals surface area contributed by atoms with E-state index in [0.29, 0.717) is 0 Å². The minimum absolute atomic E-state index is 0.932. The molecular formula is C11H23N. The maximum atomic E-state index is 2.68. The van der Waals surface area contributed by atoms with Gasteiger partial charge in [0, 0.05) is 6.04 Å². The van der Waals surface area contributed by atoms with Gasteiger partial charge in [0.05, 0.1) is 0 Å². The van der Waals surface area contributed by atoms with Crippen LogP contribution in [0.3, 0.4) is 0 Å². The first kappa shape index (κ1) is 10.0. The molecule has 0 aromatic heterocycles. The van der Waals surface area contributed by atoms with Crippen LogP contribution in [0.2, 0.25) is 0 Å². The molecule has 1 rings (SSSR count). The lowest BCUT2D eigenvalue weighted by molar-refractivity contribution is 0.206. The Hall–Kier alpha value is -0.0400. The van der Waals surface area contributed by atoms with Crippen molar-refractivity contribution >= 4 is 0 Å². The summed E-state index contributed by atoms with van der Waals surface area (Å²) in [5, 5.41) is 0. The fourth-order valence-corrected chi connectivity index (χ4v) is 2.23. The Balaban J connectivity index is 2.22. The number of rotatable bonds is 5. The zero-order valence-corrected chi connectivity index (χ0v) is 8.68. The fraction of sp³-hybridized carbons (Fsp3) is 1.00. The monoisotopic (exact) mass is 169 g/mol. The molecule has 0 heterocycles. The second-order valence-electron chi connectivity index (χ2n) is 3.92. The maximum Gasteiger partial charge on any atom is 0.00951 e. The van der Waals surface area contributed by atoms with Gasteiger partial charge in [-0.2, -0.15) is 0 Å². The smallest absolute Gasteiger partial charge is 0.00951 e. The van der Waals surface area contributed by atoms with E-state index in [0.717, 1.165) is 6.04 Å². The van der Waals surface area contributed by atoms with Gasteiger partial charge in [-0.05, 0) is 32.4 Å². The Labute approximate surface area is 77.1 Å². The van der Waals surface area contributed by atoms with Crippen LogP contribution in [0, 0.1) is 0 Å². The van der Waals surface area contributed by atoms with E-state index in [9.17, 15) is 0 Å². The second-order valence-corrected chi connectivity index (χ2v) is 3.92. The molecule has 0 bridgehead atoms. The van der Waals surface area contributed by atoms with Crippen LogP contribution >= 0.6 is 0 Å². The van der Waals surface area contributed by atoms with Crippen LogP contribution in [0.1, 0.15) is 52.4 Å². The highest BCUT2D eigenvalue weighted by Crippen LogP contribution is 2.23. The third-order valence-electron chi connectivity index (χ3n) is 3.05. The lowest BCUT2D eigenvalue weighted by Gasteiger charge is -2.27. The summed E-state index contributed by atoms with van der Waals surface area (Å²) in [6.45, 7) is 7.17. The standard InChI is InChI=1S/C11H23N/c1-3-5-10-12(4-2)11-8-6-7-9-11/h11H,3-10H2,1-2H3. The van der Waals surface area contributed by atoms with Gasteiger partial charge < -0.3 is 4.90 Å². The Morgan fingerprint density at radius 1 is 1.17 bits per heavy atom. The molecule has 72 valence electrons. The molecular weight excluding hydrogens is 146 g/mol. The normalized spacial score (nSPS) is 19.2. The van der Waals surface area contributed by atoms with E-state index < -0.39 is 0 Å². The average Bonchev–Trinajstić information content (AvgIpc) is 2.59. The molecule has 0 amide bonds. The Morgan fingerprint density at radius 3 is 2.33 bits per heavy atom. The second kappa shape index (κ2) is 5.58. The molecule has 0 unspecified atom stereocenters. The van der Waals surface area contributed by atoms with Crippen LogP contribution in [-0.2, 0) is 0 Å².